The molecular formula is C13H16N4O2. The summed E-state index contributed by atoms with van der Waals surface area (Å²) in [5.41, 5.74) is 0.857. The molecule has 1 N–H and O–H groups in total. The maximum absolute atomic E-state index is 11.5. The topological polar surface area (TPSA) is 70.7 Å². The van der Waals surface area contributed by atoms with Crippen LogP contribution in [0.25, 0.3) is 5.52 Å². The Labute approximate surface area is 110 Å². The van der Waals surface area contributed by atoms with E-state index in [9.17, 15) is 9.90 Å². The summed E-state index contributed by atoms with van der Waals surface area (Å²) in [5, 5.41) is 13.6. The van der Waals surface area contributed by atoms with E-state index >= 15 is 0 Å². The second-order valence-corrected chi connectivity index (χ2v) is 4.81. The molecule has 6 nitrogen and oxygen atoms in total. The van der Waals surface area contributed by atoms with Gasteiger partial charge in [-0.1, -0.05) is 12.8 Å². The SMILES string of the molecule is O=C(O)C1CCCCCN1c1nccn2nccc12. The van der Waals surface area contributed by atoms with Crippen LogP contribution in [-0.4, -0.2) is 38.3 Å². The van der Waals surface area contributed by atoms with Crippen molar-refractivity contribution in [3.05, 3.63) is 24.7 Å². The number of hydrogen-bond acceptors (Lipinski definition) is 4. The Hall–Kier alpha value is -2.11. The van der Waals surface area contributed by atoms with Crippen LogP contribution in [0.3, 0.4) is 0 Å². The number of anilines is 1. The molecule has 1 fully saturated rings. The third-order valence-electron chi connectivity index (χ3n) is 3.61. The number of rotatable bonds is 2. The first-order valence-corrected chi connectivity index (χ1v) is 6.55. The van der Waals surface area contributed by atoms with E-state index in [2.05, 4.69) is 10.1 Å². The molecule has 0 aliphatic carbocycles. The van der Waals surface area contributed by atoms with Crippen LogP contribution in [0.5, 0.6) is 0 Å². The molecular weight excluding hydrogens is 244 g/mol. The van der Waals surface area contributed by atoms with Gasteiger partial charge in [0.2, 0.25) is 0 Å². The molecule has 19 heavy (non-hydrogen) atoms. The molecule has 0 aromatic carbocycles. The van der Waals surface area contributed by atoms with Crippen molar-refractivity contribution in [1.82, 2.24) is 14.6 Å². The molecule has 1 atom stereocenters. The normalized spacial score (nSPS) is 20.4. The number of nitrogens with zero attached hydrogens (tertiary/aromatic N) is 4. The van der Waals surface area contributed by atoms with E-state index in [-0.39, 0.29) is 0 Å². The van der Waals surface area contributed by atoms with Crippen LogP contribution in [0.1, 0.15) is 25.7 Å². The molecule has 100 valence electrons. The van der Waals surface area contributed by atoms with Gasteiger partial charge in [-0.05, 0) is 18.9 Å². The molecule has 0 amide bonds. The van der Waals surface area contributed by atoms with Crippen molar-refractivity contribution in [2.75, 3.05) is 11.4 Å². The van der Waals surface area contributed by atoms with Crippen molar-refractivity contribution >= 4 is 17.3 Å². The minimum Gasteiger partial charge on any atom is -0.480 e. The van der Waals surface area contributed by atoms with Gasteiger partial charge in [-0.25, -0.2) is 14.3 Å². The van der Waals surface area contributed by atoms with Crippen LogP contribution >= 0.6 is 0 Å². The van der Waals surface area contributed by atoms with E-state index in [1.807, 2.05) is 11.0 Å². The van der Waals surface area contributed by atoms with Gasteiger partial charge in [-0.15, -0.1) is 0 Å². The lowest BCUT2D eigenvalue weighted by atomic mass is 10.1. The summed E-state index contributed by atoms with van der Waals surface area (Å²) < 4.78 is 1.73. The van der Waals surface area contributed by atoms with Gasteiger partial charge < -0.3 is 10.0 Å². The van der Waals surface area contributed by atoms with Crippen LogP contribution in [0.4, 0.5) is 5.82 Å². The summed E-state index contributed by atoms with van der Waals surface area (Å²) in [4.78, 5) is 17.8. The van der Waals surface area contributed by atoms with Crippen molar-refractivity contribution < 1.29 is 9.90 Å². The number of fused-ring (bicyclic) bond motifs is 1. The predicted molar refractivity (Wildman–Crippen MR) is 70.2 cm³/mol. The fourth-order valence-corrected chi connectivity index (χ4v) is 2.68. The van der Waals surface area contributed by atoms with Crippen LogP contribution < -0.4 is 4.90 Å². The summed E-state index contributed by atoms with van der Waals surface area (Å²) in [6.07, 6.45) is 8.84. The summed E-state index contributed by atoms with van der Waals surface area (Å²) in [6.45, 7) is 0.731. The Morgan fingerprint density at radius 3 is 3.05 bits per heavy atom. The summed E-state index contributed by atoms with van der Waals surface area (Å²) in [6, 6.07) is 1.38. The van der Waals surface area contributed by atoms with Crippen LogP contribution in [0.15, 0.2) is 24.7 Å². The Bertz CT molecular complexity index is 595. The number of carboxylic acid groups (broad SMARTS) is 1. The van der Waals surface area contributed by atoms with Gasteiger partial charge in [0.05, 0.1) is 6.20 Å². The molecule has 1 saturated heterocycles. The highest BCUT2D eigenvalue weighted by molar-refractivity contribution is 5.81. The lowest BCUT2D eigenvalue weighted by Crippen LogP contribution is -2.41. The molecule has 1 unspecified atom stereocenters. The summed E-state index contributed by atoms with van der Waals surface area (Å²) in [5.74, 6) is -0.0560. The Kier molecular flexibility index (Phi) is 3.06. The third-order valence-corrected chi connectivity index (χ3v) is 3.61. The van der Waals surface area contributed by atoms with Crippen LogP contribution in [-0.2, 0) is 4.79 Å². The van der Waals surface area contributed by atoms with Crippen LogP contribution in [0, 0.1) is 0 Å². The minimum atomic E-state index is -0.773. The molecule has 2 aromatic rings. The average molecular weight is 260 g/mol. The first kappa shape index (κ1) is 12.0. The summed E-state index contributed by atoms with van der Waals surface area (Å²) >= 11 is 0. The summed E-state index contributed by atoms with van der Waals surface area (Å²) in [7, 11) is 0. The number of aromatic nitrogens is 3. The lowest BCUT2D eigenvalue weighted by molar-refractivity contribution is -0.138. The van der Waals surface area contributed by atoms with Gasteiger partial charge in [0.15, 0.2) is 5.82 Å². The van der Waals surface area contributed by atoms with Gasteiger partial charge in [-0.2, -0.15) is 5.10 Å². The zero-order chi connectivity index (χ0) is 13.2. The molecule has 0 bridgehead atoms. The van der Waals surface area contributed by atoms with E-state index < -0.39 is 12.0 Å². The van der Waals surface area contributed by atoms with Crippen molar-refractivity contribution in [2.45, 2.75) is 31.7 Å². The second-order valence-electron chi connectivity index (χ2n) is 4.81. The van der Waals surface area contributed by atoms with E-state index in [1.54, 1.807) is 23.1 Å². The van der Waals surface area contributed by atoms with Crippen molar-refractivity contribution in [3.63, 3.8) is 0 Å². The molecule has 1 aliphatic rings. The number of aliphatic carboxylic acids is 1. The number of hydrogen-bond donors (Lipinski definition) is 1. The Morgan fingerprint density at radius 1 is 1.32 bits per heavy atom. The predicted octanol–water partition coefficient (Wildman–Crippen LogP) is 1.56. The average Bonchev–Trinajstić information content (AvgIpc) is 2.74. The van der Waals surface area contributed by atoms with E-state index in [1.165, 1.54) is 0 Å². The van der Waals surface area contributed by atoms with Gasteiger partial charge in [-0.3, -0.25) is 0 Å². The molecule has 3 heterocycles. The van der Waals surface area contributed by atoms with E-state index in [0.717, 1.165) is 31.3 Å². The standard InChI is InChI=1S/C13H16N4O2/c18-13(19)11-4-2-1-3-8-16(11)12-10-5-6-15-17(10)9-7-14-12/h5-7,9,11H,1-4,8H2,(H,18,19). The monoisotopic (exact) mass is 260 g/mol. The first-order chi connectivity index (χ1) is 9.27. The smallest absolute Gasteiger partial charge is 0.326 e. The van der Waals surface area contributed by atoms with E-state index in [0.29, 0.717) is 12.2 Å². The van der Waals surface area contributed by atoms with Gasteiger partial charge in [0.1, 0.15) is 11.6 Å². The first-order valence-electron chi connectivity index (χ1n) is 6.55. The maximum atomic E-state index is 11.5. The van der Waals surface area contributed by atoms with Gasteiger partial charge >= 0.3 is 5.97 Å². The van der Waals surface area contributed by atoms with Gasteiger partial charge in [0.25, 0.3) is 0 Å². The molecule has 1 aliphatic heterocycles. The highest BCUT2D eigenvalue weighted by atomic mass is 16.4. The Morgan fingerprint density at radius 2 is 2.21 bits per heavy atom. The van der Waals surface area contributed by atoms with E-state index in [4.69, 9.17) is 0 Å². The molecule has 0 radical (unpaired) electrons. The Balaban J connectivity index is 2.06. The van der Waals surface area contributed by atoms with Crippen molar-refractivity contribution in [2.24, 2.45) is 0 Å². The van der Waals surface area contributed by atoms with Crippen molar-refractivity contribution in [1.29, 1.82) is 0 Å². The third kappa shape index (κ3) is 2.14. The number of carboxylic acids is 1. The quantitative estimate of drug-likeness (QED) is 0.887. The van der Waals surface area contributed by atoms with Gasteiger partial charge in [0, 0.05) is 18.9 Å². The second kappa shape index (κ2) is 4.87. The lowest BCUT2D eigenvalue weighted by Gasteiger charge is -2.28. The fourth-order valence-electron chi connectivity index (χ4n) is 2.68. The fraction of sp³-hybridized carbons (Fsp3) is 0.462. The highest BCUT2D eigenvalue weighted by Gasteiger charge is 2.29. The molecule has 0 spiro atoms. The van der Waals surface area contributed by atoms with Crippen LogP contribution in [0.2, 0.25) is 0 Å². The number of carbonyl (C=O) groups is 1. The molecule has 0 saturated carbocycles. The van der Waals surface area contributed by atoms with Crippen molar-refractivity contribution in [3.8, 4) is 0 Å². The zero-order valence-electron chi connectivity index (χ0n) is 10.6. The molecule has 6 heteroatoms. The molecule has 3 rings (SSSR count). The molecule has 2 aromatic heterocycles. The highest BCUT2D eigenvalue weighted by Crippen LogP contribution is 2.26. The minimum absolute atomic E-state index is 0.490. The largest absolute Gasteiger partial charge is 0.480 e. The zero-order valence-corrected chi connectivity index (χ0v) is 10.6. The maximum Gasteiger partial charge on any atom is 0.326 e.